The summed E-state index contributed by atoms with van der Waals surface area (Å²) >= 11 is 0. The Morgan fingerprint density at radius 2 is 1.85 bits per heavy atom. The van der Waals surface area contributed by atoms with Gasteiger partial charge in [-0.25, -0.2) is 0 Å². The molecule has 4 aliphatic carbocycles. The number of benzene rings is 2. The van der Waals surface area contributed by atoms with Gasteiger partial charge in [0.2, 0.25) is 0 Å². The fourth-order valence-corrected chi connectivity index (χ4v) is 8.02. The molecular weight excluding hydrogens is 615 g/mol. The number of ether oxygens (including phenoxy) is 2. The number of carbonyl (C=O) groups excluding carboxylic acids is 2. The highest BCUT2D eigenvalue weighted by Crippen LogP contribution is 2.55. The van der Waals surface area contributed by atoms with Crippen molar-refractivity contribution in [2.45, 2.75) is 63.4 Å². The number of aliphatic hydroxyl groups is 1. The number of methoxy groups -OCH3 is 2. The van der Waals surface area contributed by atoms with E-state index in [1.54, 1.807) is 0 Å². The van der Waals surface area contributed by atoms with Crippen molar-refractivity contribution < 1.29 is 42.4 Å². The topological polar surface area (TPSA) is 146 Å². The smallest absolute Gasteiger partial charge is 0.417 e. The summed E-state index contributed by atoms with van der Waals surface area (Å²) in [7, 11) is 2.51. The number of allylic oxidation sites excluding steroid dienone is 2. The number of rotatable bonds is 9. The summed E-state index contributed by atoms with van der Waals surface area (Å²) in [5, 5.41) is 30.9. The maximum Gasteiger partial charge on any atom is 0.417 e. The summed E-state index contributed by atoms with van der Waals surface area (Å²) in [4.78, 5) is 28.5. The van der Waals surface area contributed by atoms with E-state index in [0.717, 1.165) is 24.5 Å². The van der Waals surface area contributed by atoms with E-state index < -0.39 is 69.2 Å². The summed E-state index contributed by atoms with van der Waals surface area (Å²) in [6, 6.07) is 10.4. The van der Waals surface area contributed by atoms with Crippen LogP contribution in [0.2, 0.25) is 0 Å². The molecule has 0 aliphatic heterocycles. The van der Waals surface area contributed by atoms with Gasteiger partial charge < -0.3 is 30.8 Å². The molecule has 5 N–H and O–H groups in total. The van der Waals surface area contributed by atoms with Gasteiger partial charge in [-0.2, -0.15) is 13.2 Å². The van der Waals surface area contributed by atoms with Crippen LogP contribution in [0.4, 0.5) is 13.2 Å². The van der Waals surface area contributed by atoms with Crippen molar-refractivity contribution in [2.24, 2.45) is 23.5 Å². The van der Waals surface area contributed by atoms with Crippen molar-refractivity contribution in [3.05, 3.63) is 86.9 Å². The molecular formula is C35H38F3N3O6. The molecule has 0 bridgehead atoms. The summed E-state index contributed by atoms with van der Waals surface area (Å²) < 4.78 is 56.9. The first kappa shape index (κ1) is 32.8. The van der Waals surface area contributed by atoms with E-state index in [-0.39, 0.29) is 54.3 Å². The van der Waals surface area contributed by atoms with Crippen LogP contribution in [0.5, 0.6) is 5.75 Å². The van der Waals surface area contributed by atoms with Crippen molar-refractivity contribution in [3.63, 3.8) is 0 Å². The molecule has 1 fully saturated rings. The highest BCUT2D eigenvalue weighted by Gasteiger charge is 2.60. The van der Waals surface area contributed by atoms with Gasteiger partial charge >= 0.3 is 6.18 Å². The van der Waals surface area contributed by atoms with Gasteiger partial charge in [0.15, 0.2) is 11.4 Å². The number of alkyl halides is 3. The molecule has 12 heteroatoms. The second-order valence-corrected chi connectivity index (χ2v) is 13.1. The fourth-order valence-electron chi connectivity index (χ4n) is 8.02. The van der Waals surface area contributed by atoms with Crippen LogP contribution in [0.1, 0.15) is 71.3 Å². The second-order valence-electron chi connectivity index (χ2n) is 13.1. The number of nitrogens with one attached hydrogen (secondary N) is 1. The molecule has 0 heterocycles. The number of aliphatic hydroxyl groups excluding tert-OH is 1. The molecule has 9 nitrogen and oxygen atoms in total. The van der Waals surface area contributed by atoms with Gasteiger partial charge in [-0.3, -0.25) is 14.5 Å². The molecule has 0 spiro atoms. The van der Waals surface area contributed by atoms with Gasteiger partial charge in [0.1, 0.15) is 22.8 Å². The average molecular weight is 654 g/mol. The number of carbonyl (C=O) groups is 2. The second kappa shape index (κ2) is 11.8. The van der Waals surface area contributed by atoms with Crippen molar-refractivity contribution in [2.75, 3.05) is 20.8 Å². The minimum absolute atomic E-state index is 0.0303. The van der Waals surface area contributed by atoms with Crippen LogP contribution in [-0.2, 0) is 33.4 Å². The van der Waals surface area contributed by atoms with Crippen LogP contribution in [-0.4, -0.2) is 58.9 Å². The fraction of sp³-hybridized carbons (Fsp3) is 0.457. The number of nitrogens with zero attached hydrogens (tertiary/aromatic N) is 1. The van der Waals surface area contributed by atoms with Gasteiger partial charge in [0.05, 0.1) is 23.9 Å². The van der Waals surface area contributed by atoms with Crippen molar-refractivity contribution >= 4 is 17.4 Å². The number of halogens is 3. The highest BCUT2D eigenvalue weighted by molar-refractivity contribution is 6.25. The largest absolute Gasteiger partial charge is 0.511 e. The molecule has 0 radical (unpaired) electrons. The molecule has 1 unspecified atom stereocenters. The SMILES string of the molecule is COC1=C2C(=O)c3c(O)cc(CN(CC4CC4)C(C)c4ccccc4)c(C(F)(F)F)c3C[C@H]2C[C@H]2CC(O)=C(C(N)=O)C(=N)[C@@]12OC. The quantitative estimate of drug-likeness (QED) is 0.269. The van der Waals surface area contributed by atoms with Gasteiger partial charge in [0, 0.05) is 44.2 Å². The van der Waals surface area contributed by atoms with Gasteiger partial charge in [-0.1, -0.05) is 30.3 Å². The van der Waals surface area contributed by atoms with E-state index in [1.807, 2.05) is 42.2 Å². The molecule has 250 valence electrons. The van der Waals surface area contributed by atoms with E-state index in [2.05, 4.69) is 0 Å². The molecule has 2 aromatic rings. The monoisotopic (exact) mass is 653 g/mol. The summed E-state index contributed by atoms with van der Waals surface area (Å²) in [5.74, 6) is -4.26. The Balaban J connectivity index is 1.49. The van der Waals surface area contributed by atoms with Gasteiger partial charge in [0.25, 0.3) is 5.91 Å². The van der Waals surface area contributed by atoms with Crippen LogP contribution in [0.3, 0.4) is 0 Å². The van der Waals surface area contributed by atoms with Gasteiger partial charge in [-0.05, 0) is 67.2 Å². The lowest BCUT2D eigenvalue weighted by Crippen LogP contribution is -2.58. The predicted molar refractivity (Wildman–Crippen MR) is 166 cm³/mol. The first-order valence-corrected chi connectivity index (χ1v) is 15.7. The Labute approximate surface area is 270 Å². The zero-order chi connectivity index (χ0) is 34.0. The van der Waals surface area contributed by atoms with Gasteiger partial charge in [-0.15, -0.1) is 0 Å². The Morgan fingerprint density at radius 1 is 1.17 bits per heavy atom. The van der Waals surface area contributed by atoms with E-state index in [0.29, 0.717) is 12.5 Å². The van der Waals surface area contributed by atoms with Crippen LogP contribution < -0.4 is 5.73 Å². The predicted octanol–water partition coefficient (Wildman–Crippen LogP) is 5.77. The first-order chi connectivity index (χ1) is 22.2. The third-order valence-electron chi connectivity index (χ3n) is 10.3. The van der Waals surface area contributed by atoms with Crippen molar-refractivity contribution in [1.29, 1.82) is 5.41 Å². The zero-order valence-electron chi connectivity index (χ0n) is 26.4. The van der Waals surface area contributed by atoms with E-state index >= 15 is 13.2 Å². The lowest BCUT2D eigenvalue weighted by molar-refractivity contribution is -0.139. The minimum Gasteiger partial charge on any atom is -0.511 e. The molecule has 1 saturated carbocycles. The van der Waals surface area contributed by atoms with E-state index in [4.69, 9.17) is 20.6 Å². The molecule has 47 heavy (non-hydrogen) atoms. The van der Waals surface area contributed by atoms with Crippen LogP contribution in [0, 0.1) is 23.2 Å². The lowest BCUT2D eigenvalue weighted by atomic mass is 9.59. The summed E-state index contributed by atoms with van der Waals surface area (Å²) in [6.07, 6.45) is -3.21. The third-order valence-corrected chi connectivity index (χ3v) is 10.3. The number of hydrogen-bond acceptors (Lipinski definition) is 8. The number of fused-ring (bicyclic) bond motifs is 3. The number of hydrogen-bond donors (Lipinski definition) is 4. The highest BCUT2D eigenvalue weighted by atomic mass is 19.4. The van der Waals surface area contributed by atoms with E-state index in [9.17, 15) is 19.8 Å². The third kappa shape index (κ3) is 5.31. The molecule has 4 atom stereocenters. The number of aromatic hydroxyl groups is 1. The minimum atomic E-state index is -4.84. The van der Waals surface area contributed by atoms with Crippen LogP contribution in [0.15, 0.2) is 59.1 Å². The zero-order valence-corrected chi connectivity index (χ0v) is 26.4. The number of primary amides is 1. The number of phenolic OH excluding ortho intramolecular Hbond substituents is 1. The average Bonchev–Trinajstić information content (AvgIpc) is 3.83. The Kier molecular flexibility index (Phi) is 8.24. The van der Waals surface area contributed by atoms with E-state index in [1.165, 1.54) is 14.2 Å². The Hall–Kier alpha value is -4.16. The summed E-state index contributed by atoms with van der Waals surface area (Å²) in [6.45, 7) is 2.46. The molecule has 0 saturated heterocycles. The molecule has 0 aromatic heterocycles. The molecule has 2 aromatic carbocycles. The summed E-state index contributed by atoms with van der Waals surface area (Å²) in [5.41, 5.74) is 1.85. The van der Waals surface area contributed by atoms with Crippen molar-refractivity contribution in [1.82, 2.24) is 4.90 Å². The number of Topliss-reactive ketones (excluding diaryl/α,β-unsaturated/α-hetero) is 1. The number of amides is 1. The van der Waals surface area contributed by atoms with Crippen LogP contribution in [0.25, 0.3) is 0 Å². The van der Waals surface area contributed by atoms with Crippen LogP contribution >= 0.6 is 0 Å². The first-order valence-electron chi connectivity index (χ1n) is 15.7. The number of nitrogens with two attached hydrogens (primary N) is 1. The van der Waals surface area contributed by atoms with Crippen molar-refractivity contribution in [3.8, 4) is 5.75 Å². The standard InChI is InChI=1S/C35H38F3N3O6/c1-17(19-7-5-4-6-8-19)41(15-18-9-10-18)16-21-13-24(42)27-23(29(21)35(36,37)38)12-20-11-22-14-25(43)28(33(40)45)31(39)34(22,47-3)32(46-2)26(20)30(27)44/h4-8,13,17-18,20,22,39,42-43H,9-12,14-16H2,1-3H3,(H2,40,45)/t17?,20-,22+,34-/m1/s1. The normalized spacial score (nSPS) is 25.0. The molecule has 6 rings (SSSR count). The molecule has 4 aliphatic rings. The lowest BCUT2D eigenvalue weighted by Gasteiger charge is -2.50. The maximum atomic E-state index is 15.1. The Bertz CT molecular complexity index is 1710. The number of phenols is 1. The maximum absolute atomic E-state index is 15.1. The number of ketones is 1. The molecule has 1 amide bonds. The Morgan fingerprint density at radius 3 is 2.43 bits per heavy atom.